The van der Waals surface area contributed by atoms with Gasteiger partial charge in [-0.3, -0.25) is 4.79 Å². The second-order valence-electron chi connectivity index (χ2n) is 5.45. The van der Waals surface area contributed by atoms with Crippen LogP contribution < -0.4 is 10.1 Å². The van der Waals surface area contributed by atoms with Gasteiger partial charge in [0.2, 0.25) is 0 Å². The predicted octanol–water partition coefficient (Wildman–Crippen LogP) is 5.21. The summed E-state index contributed by atoms with van der Waals surface area (Å²) in [4.78, 5) is 24.0. The molecule has 0 unspecified atom stereocenters. The highest BCUT2D eigenvalue weighted by Gasteiger charge is 2.19. The molecular formula is C19H13BrClNO4. The molecule has 0 atom stereocenters. The summed E-state index contributed by atoms with van der Waals surface area (Å²) in [5.41, 5.74) is 0.559. The molecule has 3 aromatic rings. The predicted molar refractivity (Wildman–Crippen MR) is 105 cm³/mol. The van der Waals surface area contributed by atoms with Crippen molar-refractivity contribution in [1.82, 2.24) is 0 Å². The lowest BCUT2D eigenvalue weighted by molar-refractivity contribution is 0.0696. The number of carboxylic acid groups (broad SMARTS) is 1. The molecule has 0 spiro atoms. The van der Waals surface area contributed by atoms with E-state index in [0.717, 1.165) is 10.8 Å². The Hall–Kier alpha value is -2.57. The second-order valence-corrected chi connectivity index (χ2v) is 6.65. The first-order valence-electron chi connectivity index (χ1n) is 7.51. The maximum absolute atomic E-state index is 12.8. The lowest BCUT2D eigenvalue weighted by atomic mass is 10.0. The molecule has 0 aromatic heterocycles. The first kappa shape index (κ1) is 18.2. The maximum atomic E-state index is 12.8. The molecule has 5 nitrogen and oxygen atoms in total. The van der Waals surface area contributed by atoms with Crippen LogP contribution in [0.15, 0.2) is 53.0 Å². The van der Waals surface area contributed by atoms with Crippen molar-refractivity contribution < 1.29 is 19.4 Å². The number of anilines is 1. The zero-order chi connectivity index (χ0) is 18.8. The van der Waals surface area contributed by atoms with Gasteiger partial charge in [0.05, 0.1) is 27.7 Å². The van der Waals surface area contributed by atoms with Crippen molar-refractivity contribution in [1.29, 1.82) is 0 Å². The van der Waals surface area contributed by atoms with Crippen molar-refractivity contribution in [2.75, 3.05) is 12.4 Å². The fraction of sp³-hybridized carbons (Fsp3) is 0.0526. The van der Waals surface area contributed by atoms with Crippen LogP contribution in [0.25, 0.3) is 10.8 Å². The van der Waals surface area contributed by atoms with Gasteiger partial charge in [-0.2, -0.15) is 0 Å². The van der Waals surface area contributed by atoms with E-state index in [9.17, 15) is 9.59 Å². The number of rotatable bonds is 4. The molecule has 3 rings (SSSR count). The van der Waals surface area contributed by atoms with Gasteiger partial charge in [-0.15, -0.1) is 0 Å². The Morgan fingerprint density at radius 3 is 2.54 bits per heavy atom. The molecule has 3 aromatic carbocycles. The average Bonchev–Trinajstić information content (AvgIpc) is 2.63. The molecule has 0 radical (unpaired) electrons. The van der Waals surface area contributed by atoms with Gasteiger partial charge in [0, 0.05) is 5.69 Å². The van der Waals surface area contributed by atoms with Crippen molar-refractivity contribution in [2.24, 2.45) is 0 Å². The minimum absolute atomic E-state index is 0.0869. The first-order chi connectivity index (χ1) is 12.4. The smallest absolute Gasteiger partial charge is 0.337 e. The summed E-state index contributed by atoms with van der Waals surface area (Å²) in [5.74, 6) is -1.20. The summed E-state index contributed by atoms with van der Waals surface area (Å²) in [6, 6.07) is 13.6. The van der Waals surface area contributed by atoms with Gasteiger partial charge in [0.15, 0.2) is 0 Å². The molecule has 7 heteroatoms. The van der Waals surface area contributed by atoms with Crippen LogP contribution in [0.5, 0.6) is 5.75 Å². The van der Waals surface area contributed by atoms with Crippen LogP contribution in [0.3, 0.4) is 0 Å². The number of benzene rings is 3. The lowest BCUT2D eigenvalue weighted by Crippen LogP contribution is -2.14. The minimum atomic E-state index is -1.17. The number of ether oxygens (including phenoxy) is 1. The third-order valence-electron chi connectivity index (χ3n) is 3.84. The summed E-state index contributed by atoms with van der Waals surface area (Å²) in [6.07, 6.45) is 0. The molecular weight excluding hydrogens is 422 g/mol. The zero-order valence-corrected chi connectivity index (χ0v) is 15.9. The Morgan fingerprint density at radius 2 is 1.85 bits per heavy atom. The van der Waals surface area contributed by atoms with Gasteiger partial charge < -0.3 is 15.2 Å². The van der Waals surface area contributed by atoms with Crippen molar-refractivity contribution >= 4 is 55.9 Å². The monoisotopic (exact) mass is 433 g/mol. The minimum Gasteiger partial charge on any atom is -0.495 e. The second kappa shape index (κ2) is 7.35. The van der Waals surface area contributed by atoms with Crippen LogP contribution in [0, 0.1) is 0 Å². The van der Waals surface area contributed by atoms with Crippen LogP contribution in [-0.2, 0) is 0 Å². The summed E-state index contributed by atoms with van der Waals surface area (Å²) >= 11 is 9.35. The Labute approximate surface area is 162 Å². The van der Waals surface area contributed by atoms with Crippen LogP contribution in [0.1, 0.15) is 20.7 Å². The number of fused-ring (bicyclic) bond motifs is 1. The first-order valence-corrected chi connectivity index (χ1v) is 8.69. The number of carbonyl (C=O) groups excluding carboxylic acids is 1. The number of carbonyl (C=O) groups is 2. The van der Waals surface area contributed by atoms with Gasteiger partial charge in [0.25, 0.3) is 5.91 Å². The van der Waals surface area contributed by atoms with E-state index < -0.39 is 11.9 Å². The summed E-state index contributed by atoms with van der Waals surface area (Å²) in [5, 5.41) is 13.7. The third-order valence-corrected chi connectivity index (χ3v) is 4.96. The number of carboxylic acids is 1. The lowest BCUT2D eigenvalue weighted by Gasteiger charge is -2.14. The Morgan fingerprint density at radius 1 is 1.12 bits per heavy atom. The van der Waals surface area contributed by atoms with Gasteiger partial charge in [-0.1, -0.05) is 35.9 Å². The Balaban J connectivity index is 2.03. The van der Waals surface area contributed by atoms with Gasteiger partial charge >= 0.3 is 5.97 Å². The van der Waals surface area contributed by atoms with Gasteiger partial charge in [0.1, 0.15) is 5.75 Å². The molecule has 0 bridgehead atoms. The van der Waals surface area contributed by atoms with E-state index in [0.29, 0.717) is 21.5 Å². The highest BCUT2D eigenvalue weighted by Crippen LogP contribution is 2.37. The molecule has 1 amide bonds. The molecule has 0 aliphatic carbocycles. The summed E-state index contributed by atoms with van der Waals surface area (Å²) < 4.78 is 6.07. The largest absolute Gasteiger partial charge is 0.495 e. The highest BCUT2D eigenvalue weighted by atomic mass is 79.9. The number of hydrogen-bond acceptors (Lipinski definition) is 3. The fourth-order valence-corrected chi connectivity index (χ4v) is 3.55. The van der Waals surface area contributed by atoms with Crippen LogP contribution in [0.4, 0.5) is 5.69 Å². The number of amides is 1. The Kier molecular flexibility index (Phi) is 5.15. The van der Waals surface area contributed by atoms with Crippen LogP contribution >= 0.6 is 27.5 Å². The van der Waals surface area contributed by atoms with E-state index >= 15 is 0 Å². The van der Waals surface area contributed by atoms with Crippen molar-refractivity contribution in [2.45, 2.75) is 0 Å². The van der Waals surface area contributed by atoms with E-state index in [2.05, 4.69) is 21.2 Å². The Bertz CT molecular complexity index is 1040. The molecule has 2 N–H and O–H groups in total. The molecule has 0 fully saturated rings. The molecule has 0 aliphatic heterocycles. The maximum Gasteiger partial charge on any atom is 0.337 e. The van der Waals surface area contributed by atoms with E-state index in [1.807, 2.05) is 24.3 Å². The van der Waals surface area contributed by atoms with Crippen molar-refractivity contribution in [3.8, 4) is 5.75 Å². The number of nitrogens with one attached hydrogen (secondary N) is 1. The van der Waals surface area contributed by atoms with Crippen molar-refractivity contribution in [3.63, 3.8) is 0 Å². The fourth-order valence-electron chi connectivity index (χ4n) is 2.62. The van der Waals surface area contributed by atoms with Gasteiger partial charge in [-0.05, 0) is 51.0 Å². The molecule has 0 saturated heterocycles. The number of methoxy groups -OCH3 is 1. The van der Waals surface area contributed by atoms with Gasteiger partial charge in [-0.25, -0.2) is 4.79 Å². The highest BCUT2D eigenvalue weighted by molar-refractivity contribution is 9.10. The van der Waals surface area contributed by atoms with Crippen molar-refractivity contribution in [3.05, 3.63) is 69.2 Å². The number of hydrogen-bond donors (Lipinski definition) is 2. The molecule has 132 valence electrons. The summed E-state index contributed by atoms with van der Waals surface area (Å²) in [7, 11) is 1.48. The van der Waals surface area contributed by atoms with E-state index in [1.165, 1.54) is 25.3 Å². The standard InChI is InChI=1S/C19H13BrClNO4/c1-26-17-14(8-10-4-2-3-5-12(10)16(17)20)18(23)22-11-6-7-15(21)13(9-11)19(24)25/h2-9H,1H3,(H,22,23)(H,24,25). The molecule has 0 heterocycles. The number of halogens is 2. The number of aromatic carboxylic acids is 1. The van der Waals surface area contributed by atoms with Crippen LogP contribution in [-0.4, -0.2) is 24.1 Å². The molecule has 0 saturated carbocycles. The topological polar surface area (TPSA) is 75.6 Å². The normalized spacial score (nSPS) is 10.6. The average molecular weight is 435 g/mol. The summed E-state index contributed by atoms with van der Waals surface area (Å²) in [6.45, 7) is 0. The van der Waals surface area contributed by atoms with E-state index in [4.69, 9.17) is 21.4 Å². The third kappa shape index (κ3) is 3.38. The molecule has 0 aliphatic rings. The van der Waals surface area contributed by atoms with E-state index in [1.54, 1.807) is 6.07 Å². The van der Waals surface area contributed by atoms with Crippen LogP contribution in [0.2, 0.25) is 5.02 Å². The zero-order valence-electron chi connectivity index (χ0n) is 13.5. The molecule has 26 heavy (non-hydrogen) atoms. The van der Waals surface area contributed by atoms with E-state index in [-0.39, 0.29) is 10.6 Å². The SMILES string of the molecule is COc1c(C(=O)Nc2ccc(Cl)c(C(=O)O)c2)cc2ccccc2c1Br. The quantitative estimate of drug-likeness (QED) is 0.591.